The monoisotopic (exact) mass is 688 g/mol. The molecule has 11 aromatic rings. The Balaban J connectivity index is 1.11. The summed E-state index contributed by atoms with van der Waals surface area (Å²) in [7, 11) is 0. The van der Waals surface area contributed by atoms with Gasteiger partial charge in [-0.15, -0.1) is 0 Å². The topological polar surface area (TPSA) is 35.6 Å². The minimum absolute atomic E-state index is 0.932. The zero-order chi connectivity index (χ0) is 35.6. The largest absolute Gasteiger partial charge is 0.309 e. The average Bonchev–Trinajstić information content (AvgIpc) is 3.80. The highest BCUT2D eigenvalue weighted by Crippen LogP contribution is 2.41. The fraction of sp³-hybridized carbons (Fsp3) is 0. The predicted molar refractivity (Wildman–Crippen MR) is 225 cm³/mol. The zero-order valence-electron chi connectivity index (χ0n) is 29.3. The van der Waals surface area contributed by atoms with Crippen LogP contribution in [0.15, 0.2) is 194 Å². The fourth-order valence-corrected chi connectivity index (χ4v) is 8.19. The molecule has 0 amide bonds. The van der Waals surface area contributed by atoms with Crippen molar-refractivity contribution >= 4 is 54.5 Å². The summed E-state index contributed by atoms with van der Waals surface area (Å²) in [5.74, 6) is 0.932. The third-order valence-corrected chi connectivity index (χ3v) is 10.7. The summed E-state index contributed by atoms with van der Waals surface area (Å²) in [5.41, 5.74) is 13.1. The van der Waals surface area contributed by atoms with Gasteiger partial charge >= 0.3 is 0 Å². The van der Waals surface area contributed by atoms with Gasteiger partial charge in [-0.1, -0.05) is 127 Å². The van der Waals surface area contributed by atoms with Gasteiger partial charge in [0, 0.05) is 44.0 Å². The maximum atomic E-state index is 5.37. The molecular weight excluding hydrogens is 657 g/mol. The highest BCUT2D eigenvalue weighted by atomic mass is 15.1. The Kier molecular flexibility index (Phi) is 6.82. The van der Waals surface area contributed by atoms with Crippen LogP contribution in [0.1, 0.15) is 0 Å². The minimum Gasteiger partial charge on any atom is -0.309 e. The Hall–Kier alpha value is -7.30. The van der Waals surface area contributed by atoms with Gasteiger partial charge in [-0.05, 0) is 83.2 Å². The molecule has 0 aliphatic heterocycles. The number of benzene rings is 8. The van der Waals surface area contributed by atoms with Crippen LogP contribution in [0.4, 0.5) is 0 Å². The molecule has 4 heteroatoms. The molecule has 0 saturated carbocycles. The summed E-state index contributed by atoms with van der Waals surface area (Å²) in [6.45, 7) is 0. The molecule has 0 fully saturated rings. The van der Waals surface area contributed by atoms with E-state index in [0.29, 0.717) is 0 Å². The molecule has 0 radical (unpaired) electrons. The van der Waals surface area contributed by atoms with Crippen LogP contribution < -0.4 is 0 Å². The summed E-state index contributed by atoms with van der Waals surface area (Å²) < 4.78 is 4.64. The summed E-state index contributed by atoms with van der Waals surface area (Å²) >= 11 is 0. The Morgan fingerprint density at radius 3 is 1.70 bits per heavy atom. The highest BCUT2D eigenvalue weighted by molar-refractivity contribution is 6.20. The van der Waals surface area contributed by atoms with E-state index in [4.69, 9.17) is 9.97 Å². The maximum Gasteiger partial charge on any atom is 0.145 e. The van der Waals surface area contributed by atoms with E-state index in [2.05, 4.69) is 191 Å². The molecule has 4 nitrogen and oxygen atoms in total. The summed E-state index contributed by atoms with van der Waals surface area (Å²) in [4.78, 5) is 10.4. The first kappa shape index (κ1) is 30.3. The third kappa shape index (κ3) is 4.78. The first-order valence-corrected chi connectivity index (χ1v) is 18.3. The van der Waals surface area contributed by atoms with E-state index in [1.54, 1.807) is 0 Å². The lowest BCUT2D eigenvalue weighted by Gasteiger charge is -2.14. The molecule has 0 bridgehead atoms. The van der Waals surface area contributed by atoms with Crippen molar-refractivity contribution in [2.24, 2.45) is 0 Å². The van der Waals surface area contributed by atoms with Gasteiger partial charge in [0.25, 0.3) is 0 Å². The van der Waals surface area contributed by atoms with Gasteiger partial charge in [0.1, 0.15) is 5.82 Å². The van der Waals surface area contributed by atoms with Crippen LogP contribution in [0.2, 0.25) is 0 Å². The van der Waals surface area contributed by atoms with Crippen LogP contribution in [0.5, 0.6) is 0 Å². The molecule has 252 valence electrons. The first-order valence-electron chi connectivity index (χ1n) is 18.3. The smallest absolute Gasteiger partial charge is 0.145 e. The van der Waals surface area contributed by atoms with Gasteiger partial charge in [-0.3, -0.25) is 4.57 Å². The molecule has 0 spiro atoms. The maximum absolute atomic E-state index is 5.37. The van der Waals surface area contributed by atoms with Crippen molar-refractivity contribution in [3.05, 3.63) is 194 Å². The van der Waals surface area contributed by atoms with Gasteiger partial charge in [0.05, 0.1) is 33.3 Å². The molecule has 0 N–H and O–H groups in total. The van der Waals surface area contributed by atoms with Crippen molar-refractivity contribution in [3.8, 4) is 45.1 Å². The summed E-state index contributed by atoms with van der Waals surface area (Å²) in [6.07, 6.45) is 0. The average molecular weight is 689 g/mol. The lowest BCUT2D eigenvalue weighted by Crippen LogP contribution is -1.97. The van der Waals surface area contributed by atoms with E-state index < -0.39 is 0 Å². The standard InChI is InChI=1S/C50H32N4/c1-4-14-34(15-5-1)49-43-32-48-42(39-20-10-12-22-46(39)53(48)37-18-8-3-9-19-37)31-40(43)41-30-36(26-29-44(41)51-49)33-24-27-38(28-25-33)54-47-23-13-11-21-45(47)52-50(54)35-16-6-2-7-17-35/h1-32H. The van der Waals surface area contributed by atoms with Crippen LogP contribution in [0.3, 0.4) is 0 Å². The van der Waals surface area contributed by atoms with Crippen LogP contribution in [-0.4, -0.2) is 19.1 Å². The quantitative estimate of drug-likeness (QED) is 0.169. The summed E-state index contributed by atoms with van der Waals surface area (Å²) in [6, 6.07) is 69.0. The third-order valence-electron chi connectivity index (χ3n) is 10.7. The number of hydrogen-bond acceptors (Lipinski definition) is 2. The first-order chi connectivity index (χ1) is 26.8. The van der Waals surface area contributed by atoms with Gasteiger partial charge in [0.15, 0.2) is 0 Å². The Labute approximate surface area is 311 Å². The van der Waals surface area contributed by atoms with Gasteiger partial charge in [0.2, 0.25) is 0 Å². The fourth-order valence-electron chi connectivity index (χ4n) is 8.19. The van der Waals surface area contributed by atoms with Crippen molar-refractivity contribution in [1.29, 1.82) is 0 Å². The number of pyridine rings is 1. The molecule has 11 rings (SSSR count). The van der Waals surface area contributed by atoms with Crippen molar-refractivity contribution in [2.75, 3.05) is 0 Å². The molecule has 0 unspecified atom stereocenters. The van der Waals surface area contributed by atoms with Crippen molar-refractivity contribution < 1.29 is 0 Å². The molecular formula is C50H32N4. The molecule has 3 heterocycles. The SMILES string of the molecule is c1ccc(-c2nc3ccc(-c4ccc(-n5c(-c6ccccc6)nc6ccccc65)cc4)cc3c3cc4c5ccccc5n(-c5ccccc5)c4cc23)cc1. The Bertz CT molecular complexity index is 3180. The van der Waals surface area contributed by atoms with Gasteiger partial charge < -0.3 is 4.57 Å². The number of imidazole rings is 1. The molecule has 0 aliphatic carbocycles. The van der Waals surface area contributed by atoms with Gasteiger partial charge in [-0.25, -0.2) is 9.97 Å². The molecule has 3 aromatic heterocycles. The van der Waals surface area contributed by atoms with Crippen molar-refractivity contribution in [2.45, 2.75) is 0 Å². The minimum atomic E-state index is 0.932. The van der Waals surface area contributed by atoms with E-state index in [9.17, 15) is 0 Å². The number of hydrogen-bond donors (Lipinski definition) is 0. The Morgan fingerprint density at radius 1 is 0.296 bits per heavy atom. The zero-order valence-corrected chi connectivity index (χ0v) is 29.3. The number of fused-ring (bicyclic) bond motifs is 7. The van der Waals surface area contributed by atoms with Crippen molar-refractivity contribution in [1.82, 2.24) is 19.1 Å². The second kappa shape index (κ2) is 12.1. The lowest BCUT2D eigenvalue weighted by atomic mass is 9.95. The summed E-state index contributed by atoms with van der Waals surface area (Å²) in [5, 5.41) is 5.92. The molecule has 0 aliphatic rings. The molecule has 0 atom stereocenters. The van der Waals surface area contributed by atoms with Crippen molar-refractivity contribution in [3.63, 3.8) is 0 Å². The van der Waals surface area contributed by atoms with E-state index in [-0.39, 0.29) is 0 Å². The Morgan fingerprint density at radius 2 is 0.926 bits per heavy atom. The van der Waals surface area contributed by atoms with E-state index >= 15 is 0 Å². The highest BCUT2D eigenvalue weighted by Gasteiger charge is 2.19. The number of nitrogens with zero attached hydrogens (tertiary/aromatic N) is 4. The molecule has 54 heavy (non-hydrogen) atoms. The second-order valence-corrected chi connectivity index (χ2v) is 13.8. The second-order valence-electron chi connectivity index (χ2n) is 13.8. The number of para-hydroxylation sites is 4. The van der Waals surface area contributed by atoms with Crippen LogP contribution in [0, 0.1) is 0 Å². The van der Waals surface area contributed by atoms with E-state index in [1.165, 1.54) is 27.2 Å². The number of rotatable bonds is 5. The van der Waals surface area contributed by atoms with E-state index in [1.807, 2.05) is 12.1 Å². The van der Waals surface area contributed by atoms with Crippen LogP contribution in [0.25, 0.3) is 99.7 Å². The predicted octanol–water partition coefficient (Wildman–Crippen LogP) is 12.8. The normalized spacial score (nSPS) is 11.7. The van der Waals surface area contributed by atoms with Crippen LogP contribution >= 0.6 is 0 Å². The van der Waals surface area contributed by atoms with Crippen LogP contribution in [-0.2, 0) is 0 Å². The number of aromatic nitrogens is 4. The lowest BCUT2D eigenvalue weighted by molar-refractivity contribution is 1.10. The molecule has 0 saturated heterocycles. The van der Waals surface area contributed by atoms with E-state index in [0.717, 1.165) is 72.5 Å². The molecule has 8 aromatic carbocycles. The van der Waals surface area contributed by atoms with Gasteiger partial charge in [-0.2, -0.15) is 0 Å².